The number of amides is 1. The SMILES string of the molecule is Cc1ccc([N+](=O)[O-])c(C(=O)N(C)CCCc2[nH]nc(N)c2C#N)c1. The molecule has 0 saturated carbocycles. The number of anilines is 1. The van der Waals surface area contributed by atoms with Gasteiger partial charge in [0.25, 0.3) is 11.6 Å². The van der Waals surface area contributed by atoms with E-state index in [4.69, 9.17) is 11.0 Å². The van der Waals surface area contributed by atoms with E-state index in [2.05, 4.69) is 10.2 Å². The number of nitrogens with zero attached hydrogens (tertiary/aromatic N) is 4. The minimum Gasteiger partial charge on any atom is -0.381 e. The first-order valence-corrected chi connectivity index (χ1v) is 7.58. The highest BCUT2D eigenvalue weighted by Crippen LogP contribution is 2.21. The van der Waals surface area contributed by atoms with Crippen LogP contribution < -0.4 is 5.73 Å². The maximum atomic E-state index is 12.5. The van der Waals surface area contributed by atoms with Gasteiger partial charge in [-0.3, -0.25) is 20.0 Å². The molecule has 0 aliphatic rings. The van der Waals surface area contributed by atoms with Crippen LogP contribution in [0.15, 0.2) is 18.2 Å². The Morgan fingerprint density at radius 3 is 2.88 bits per heavy atom. The molecule has 1 amide bonds. The molecule has 0 fully saturated rings. The third kappa shape index (κ3) is 3.92. The molecule has 0 spiro atoms. The average Bonchev–Trinajstić information content (AvgIpc) is 2.93. The molecule has 2 rings (SSSR count). The van der Waals surface area contributed by atoms with Crippen LogP contribution in [0.2, 0.25) is 0 Å². The molecule has 0 bridgehead atoms. The van der Waals surface area contributed by atoms with Gasteiger partial charge in [0.1, 0.15) is 17.2 Å². The van der Waals surface area contributed by atoms with Gasteiger partial charge in [-0.25, -0.2) is 0 Å². The first-order chi connectivity index (χ1) is 11.8. The van der Waals surface area contributed by atoms with E-state index in [0.717, 1.165) is 5.56 Å². The Labute approximate surface area is 144 Å². The molecule has 0 aliphatic heterocycles. The van der Waals surface area contributed by atoms with Gasteiger partial charge in [0.15, 0.2) is 5.82 Å². The van der Waals surface area contributed by atoms with Crippen LogP contribution >= 0.6 is 0 Å². The fraction of sp³-hybridized carbons (Fsp3) is 0.312. The van der Waals surface area contributed by atoms with Crippen molar-refractivity contribution in [3.8, 4) is 6.07 Å². The summed E-state index contributed by atoms with van der Waals surface area (Å²) >= 11 is 0. The van der Waals surface area contributed by atoms with E-state index in [1.807, 2.05) is 6.07 Å². The number of aryl methyl sites for hydroxylation is 2. The molecule has 1 aromatic heterocycles. The zero-order valence-corrected chi connectivity index (χ0v) is 13.9. The van der Waals surface area contributed by atoms with E-state index in [1.165, 1.54) is 17.0 Å². The lowest BCUT2D eigenvalue weighted by Crippen LogP contribution is -2.28. The van der Waals surface area contributed by atoms with Gasteiger partial charge < -0.3 is 10.6 Å². The molecule has 3 N–H and O–H groups in total. The first-order valence-electron chi connectivity index (χ1n) is 7.58. The third-order valence-corrected chi connectivity index (χ3v) is 3.83. The van der Waals surface area contributed by atoms with Crippen molar-refractivity contribution in [1.82, 2.24) is 15.1 Å². The van der Waals surface area contributed by atoms with Gasteiger partial charge in [-0.2, -0.15) is 10.4 Å². The number of H-pyrrole nitrogens is 1. The van der Waals surface area contributed by atoms with Crippen molar-refractivity contribution in [2.24, 2.45) is 0 Å². The highest BCUT2D eigenvalue weighted by molar-refractivity contribution is 5.98. The van der Waals surface area contributed by atoms with Crippen LogP contribution in [0.3, 0.4) is 0 Å². The number of nitro benzene ring substituents is 1. The fourth-order valence-electron chi connectivity index (χ4n) is 2.48. The van der Waals surface area contributed by atoms with Gasteiger partial charge in [0.2, 0.25) is 0 Å². The van der Waals surface area contributed by atoms with Crippen molar-refractivity contribution in [3.05, 3.63) is 50.7 Å². The predicted octanol–water partition coefficient (Wildman–Crippen LogP) is 1.78. The van der Waals surface area contributed by atoms with E-state index >= 15 is 0 Å². The zero-order chi connectivity index (χ0) is 18.6. The Hall–Kier alpha value is -3.41. The topological polar surface area (TPSA) is 142 Å². The number of carbonyl (C=O) groups is 1. The minimum absolute atomic E-state index is 0.0657. The molecule has 1 aromatic carbocycles. The lowest BCUT2D eigenvalue weighted by Gasteiger charge is -2.17. The highest BCUT2D eigenvalue weighted by Gasteiger charge is 2.23. The van der Waals surface area contributed by atoms with Gasteiger partial charge >= 0.3 is 0 Å². The maximum Gasteiger partial charge on any atom is 0.282 e. The molecule has 130 valence electrons. The van der Waals surface area contributed by atoms with E-state index in [9.17, 15) is 14.9 Å². The summed E-state index contributed by atoms with van der Waals surface area (Å²) in [6.45, 7) is 2.14. The number of nitrogens with two attached hydrogens (primary N) is 1. The molecule has 9 heteroatoms. The summed E-state index contributed by atoms with van der Waals surface area (Å²) < 4.78 is 0. The summed E-state index contributed by atoms with van der Waals surface area (Å²) in [7, 11) is 1.58. The van der Waals surface area contributed by atoms with Crippen molar-refractivity contribution >= 4 is 17.4 Å². The Balaban J connectivity index is 2.05. The number of hydrogen-bond acceptors (Lipinski definition) is 6. The Morgan fingerprint density at radius 2 is 2.24 bits per heavy atom. The summed E-state index contributed by atoms with van der Waals surface area (Å²) in [6.07, 6.45) is 1.04. The van der Waals surface area contributed by atoms with Crippen LogP contribution in [0.4, 0.5) is 11.5 Å². The van der Waals surface area contributed by atoms with Crippen molar-refractivity contribution < 1.29 is 9.72 Å². The molecule has 9 nitrogen and oxygen atoms in total. The summed E-state index contributed by atoms with van der Waals surface area (Å²) in [6, 6.07) is 6.43. The van der Waals surface area contributed by atoms with Crippen LogP contribution in [0.25, 0.3) is 0 Å². The molecule has 0 radical (unpaired) electrons. The number of rotatable bonds is 6. The number of benzene rings is 1. The Morgan fingerprint density at radius 1 is 1.52 bits per heavy atom. The summed E-state index contributed by atoms with van der Waals surface area (Å²) in [5.74, 6) is -0.266. The monoisotopic (exact) mass is 342 g/mol. The maximum absolute atomic E-state index is 12.5. The lowest BCUT2D eigenvalue weighted by molar-refractivity contribution is -0.385. The lowest BCUT2D eigenvalue weighted by atomic mass is 10.1. The van der Waals surface area contributed by atoms with Gasteiger partial charge in [-0.1, -0.05) is 6.07 Å². The summed E-state index contributed by atoms with van der Waals surface area (Å²) in [5.41, 5.74) is 7.12. The van der Waals surface area contributed by atoms with Crippen LogP contribution in [0.5, 0.6) is 0 Å². The number of nitrogen functional groups attached to an aromatic ring is 1. The number of aromatic amines is 1. The average molecular weight is 342 g/mol. The van der Waals surface area contributed by atoms with Crippen LogP contribution in [-0.2, 0) is 6.42 Å². The van der Waals surface area contributed by atoms with E-state index in [0.29, 0.717) is 30.6 Å². The van der Waals surface area contributed by atoms with Crippen molar-refractivity contribution in [2.45, 2.75) is 19.8 Å². The number of carbonyl (C=O) groups excluding carboxylic acids is 1. The van der Waals surface area contributed by atoms with Crippen molar-refractivity contribution in [3.63, 3.8) is 0 Å². The molecule has 25 heavy (non-hydrogen) atoms. The molecule has 0 saturated heterocycles. The van der Waals surface area contributed by atoms with E-state index < -0.39 is 10.8 Å². The molecule has 2 aromatic rings. The Kier molecular flexibility index (Phi) is 5.34. The first kappa shape index (κ1) is 17.9. The van der Waals surface area contributed by atoms with E-state index in [1.54, 1.807) is 20.0 Å². The second-order valence-electron chi connectivity index (χ2n) is 5.68. The van der Waals surface area contributed by atoms with Crippen LogP contribution in [0, 0.1) is 28.4 Å². The standard InChI is InChI=1S/C16H18N6O3/c1-10-5-6-14(22(24)25)11(8-10)16(23)21(2)7-3-4-13-12(9-17)15(18)20-19-13/h5-6,8H,3-4,7H2,1-2H3,(H3,18,19,20). The molecule has 1 heterocycles. The second-order valence-corrected chi connectivity index (χ2v) is 5.68. The van der Waals surface area contributed by atoms with Crippen LogP contribution in [0.1, 0.15) is 33.6 Å². The van der Waals surface area contributed by atoms with Gasteiger partial charge in [0, 0.05) is 19.7 Å². The number of nitro groups is 1. The normalized spacial score (nSPS) is 10.3. The molecular weight excluding hydrogens is 324 g/mol. The largest absolute Gasteiger partial charge is 0.381 e. The van der Waals surface area contributed by atoms with Crippen molar-refractivity contribution in [1.29, 1.82) is 5.26 Å². The smallest absolute Gasteiger partial charge is 0.282 e. The fourth-order valence-corrected chi connectivity index (χ4v) is 2.48. The number of nitriles is 1. The predicted molar refractivity (Wildman–Crippen MR) is 90.8 cm³/mol. The highest BCUT2D eigenvalue weighted by atomic mass is 16.6. The number of hydrogen-bond donors (Lipinski definition) is 2. The number of nitrogens with one attached hydrogen (secondary N) is 1. The second kappa shape index (κ2) is 7.44. The molecule has 0 unspecified atom stereocenters. The summed E-state index contributed by atoms with van der Waals surface area (Å²) in [5, 5.41) is 26.6. The summed E-state index contributed by atoms with van der Waals surface area (Å²) in [4.78, 5) is 24.5. The van der Waals surface area contributed by atoms with Crippen LogP contribution in [-0.4, -0.2) is 39.5 Å². The van der Waals surface area contributed by atoms with Gasteiger partial charge in [-0.15, -0.1) is 0 Å². The van der Waals surface area contributed by atoms with Crippen molar-refractivity contribution in [2.75, 3.05) is 19.3 Å². The van der Waals surface area contributed by atoms with Gasteiger partial charge in [-0.05, 0) is 31.4 Å². The zero-order valence-electron chi connectivity index (χ0n) is 13.9. The number of aromatic nitrogens is 2. The van der Waals surface area contributed by atoms with E-state index in [-0.39, 0.29) is 17.1 Å². The molecule has 0 aliphatic carbocycles. The van der Waals surface area contributed by atoms with Gasteiger partial charge in [0.05, 0.1) is 10.6 Å². The Bertz CT molecular complexity index is 852. The quantitative estimate of drug-likeness (QED) is 0.605. The minimum atomic E-state index is -0.562. The third-order valence-electron chi connectivity index (χ3n) is 3.83. The molecular formula is C16H18N6O3. The molecule has 0 atom stereocenters.